The molecule has 3 aromatic rings. The average molecular weight is 349 g/mol. The number of hydrogen-bond acceptors (Lipinski definition) is 4. The second kappa shape index (κ2) is 8.34. The molecular weight excluding hydrogens is 326 g/mol. The Morgan fingerprint density at radius 2 is 1.73 bits per heavy atom. The molecule has 5 nitrogen and oxygen atoms in total. The first-order chi connectivity index (χ1) is 12.7. The summed E-state index contributed by atoms with van der Waals surface area (Å²) in [6, 6.07) is 18.3. The van der Waals surface area contributed by atoms with Gasteiger partial charge in [-0.25, -0.2) is 0 Å². The smallest absolute Gasteiger partial charge is 0.316 e. The van der Waals surface area contributed by atoms with E-state index in [1.54, 1.807) is 6.20 Å². The van der Waals surface area contributed by atoms with Crippen LogP contribution in [0.25, 0.3) is 0 Å². The van der Waals surface area contributed by atoms with E-state index < -0.39 is 0 Å². The molecule has 0 saturated heterocycles. The van der Waals surface area contributed by atoms with Crippen molar-refractivity contribution in [2.45, 2.75) is 26.4 Å². The molecule has 3 rings (SSSR count). The number of nitrogens with one attached hydrogen (secondary N) is 1. The minimum absolute atomic E-state index is 0.237. The molecule has 0 spiro atoms. The van der Waals surface area contributed by atoms with Gasteiger partial charge >= 0.3 is 5.56 Å². The van der Waals surface area contributed by atoms with Crippen LogP contribution in [0.2, 0.25) is 0 Å². The number of rotatable bonds is 7. The molecule has 26 heavy (non-hydrogen) atoms. The van der Waals surface area contributed by atoms with Crippen molar-refractivity contribution in [3.05, 3.63) is 87.8 Å². The molecule has 1 aromatic heterocycles. The number of hydrogen-bond donors (Lipinski definition) is 1. The van der Waals surface area contributed by atoms with Crippen LogP contribution in [0, 0.1) is 0 Å². The third-order valence-corrected chi connectivity index (χ3v) is 4.32. The second-order valence-electron chi connectivity index (χ2n) is 6.03. The molecular formula is C21H23N3O2. The van der Waals surface area contributed by atoms with Gasteiger partial charge in [-0.15, -0.1) is 0 Å². The van der Waals surface area contributed by atoms with Crippen LogP contribution in [0.15, 0.2) is 65.6 Å². The summed E-state index contributed by atoms with van der Waals surface area (Å²) in [5.41, 5.74) is 3.23. The number of anilines is 1. The van der Waals surface area contributed by atoms with Crippen LogP contribution >= 0.6 is 0 Å². The summed E-state index contributed by atoms with van der Waals surface area (Å²) in [6.07, 6.45) is 2.67. The zero-order valence-corrected chi connectivity index (χ0v) is 15.1. The van der Waals surface area contributed by atoms with E-state index in [4.69, 9.17) is 4.74 Å². The molecule has 0 atom stereocenters. The number of aryl methyl sites for hydroxylation is 1. The first-order valence-corrected chi connectivity index (χ1v) is 8.71. The fourth-order valence-electron chi connectivity index (χ4n) is 2.90. The number of methoxy groups -OCH3 is 1. The standard InChI is InChI=1S/C21H23N3O2/c1-3-17-11-7-8-12-18(17)13-22-21-23-20(25)19(26-2)15-24(21)14-16-9-5-4-6-10-16/h4-12,15H,3,13-14H2,1-2H3,(H,22,23,25). The van der Waals surface area contributed by atoms with Crippen LogP contribution in [-0.2, 0) is 19.5 Å². The van der Waals surface area contributed by atoms with Gasteiger partial charge in [-0.1, -0.05) is 61.5 Å². The predicted octanol–water partition coefficient (Wildman–Crippen LogP) is 3.47. The Hall–Kier alpha value is -3.08. The summed E-state index contributed by atoms with van der Waals surface area (Å²) >= 11 is 0. The molecule has 0 unspecified atom stereocenters. The van der Waals surface area contributed by atoms with Gasteiger partial charge in [0.05, 0.1) is 19.9 Å². The summed E-state index contributed by atoms with van der Waals surface area (Å²) in [6.45, 7) is 3.34. The zero-order chi connectivity index (χ0) is 18.4. The van der Waals surface area contributed by atoms with E-state index in [0.717, 1.165) is 12.0 Å². The van der Waals surface area contributed by atoms with Crippen LogP contribution in [0.3, 0.4) is 0 Å². The SMILES string of the molecule is CCc1ccccc1CNc1nc(=O)c(OC)cn1Cc1ccccc1. The van der Waals surface area contributed by atoms with Gasteiger partial charge in [-0.05, 0) is 23.1 Å². The largest absolute Gasteiger partial charge is 0.490 e. The van der Waals surface area contributed by atoms with E-state index in [-0.39, 0.29) is 11.3 Å². The Morgan fingerprint density at radius 1 is 1.04 bits per heavy atom. The molecule has 0 saturated carbocycles. The van der Waals surface area contributed by atoms with Crippen molar-refractivity contribution in [1.29, 1.82) is 0 Å². The highest BCUT2D eigenvalue weighted by molar-refractivity contribution is 5.35. The number of benzene rings is 2. The molecule has 0 radical (unpaired) electrons. The second-order valence-corrected chi connectivity index (χ2v) is 6.03. The summed E-state index contributed by atoms with van der Waals surface area (Å²) in [7, 11) is 1.48. The van der Waals surface area contributed by atoms with E-state index >= 15 is 0 Å². The van der Waals surface area contributed by atoms with Crippen molar-refractivity contribution in [2.24, 2.45) is 0 Å². The molecule has 0 aliphatic heterocycles. The summed E-state index contributed by atoms with van der Waals surface area (Å²) < 4.78 is 7.06. The van der Waals surface area contributed by atoms with Gasteiger partial charge < -0.3 is 14.6 Å². The first kappa shape index (κ1) is 17.7. The molecule has 134 valence electrons. The van der Waals surface area contributed by atoms with Crippen molar-refractivity contribution in [2.75, 3.05) is 12.4 Å². The Morgan fingerprint density at radius 3 is 2.42 bits per heavy atom. The van der Waals surface area contributed by atoms with Crippen LogP contribution in [0.5, 0.6) is 5.75 Å². The number of ether oxygens (including phenoxy) is 1. The lowest BCUT2D eigenvalue weighted by molar-refractivity contribution is 0.402. The van der Waals surface area contributed by atoms with Crippen LogP contribution in [0.1, 0.15) is 23.6 Å². The van der Waals surface area contributed by atoms with Gasteiger partial charge in [0, 0.05) is 6.54 Å². The van der Waals surface area contributed by atoms with E-state index in [0.29, 0.717) is 19.0 Å². The van der Waals surface area contributed by atoms with Gasteiger partial charge in [0.1, 0.15) is 0 Å². The molecule has 1 heterocycles. The molecule has 2 aromatic carbocycles. The normalized spacial score (nSPS) is 10.5. The zero-order valence-electron chi connectivity index (χ0n) is 15.1. The lowest BCUT2D eigenvalue weighted by Crippen LogP contribution is -2.20. The minimum Gasteiger partial charge on any atom is -0.490 e. The maximum atomic E-state index is 12.1. The van der Waals surface area contributed by atoms with Crippen molar-refractivity contribution < 1.29 is 4.74 Å². The molecule has 5 heteroatoms. The lowest BCUT2D eigenvalue weighted by atomic mass is 10.1. The highest BCUT2D eigenvalue weighted by atomic mass is 16.5. The minimum atomic E-state index is -0.372. The van der Waals surface area contributed by atoms with Gasteiger partial charge in [0.2, 0.25) is 11.7 Å². The molecule has 0 fully saturated rings. The number of aromatic nitrogens is 2. The Balaban J connectivity index is 1.89. The van der Waals surface area contributed by atoms with Gasteiger partial charge in [0.25, 0.3) is 0 Å². The van der Waals surface area contributed by atoms with Crippen molar-refractivity contribution in [3.8, 4) is 5.75 Å². The van der Waals surface area contributed by atoms with E-state index in [9.17, 15) is 4.79 Å². The first-order valence-electron chi connectivity index (χ1n) is 8.71. The predicted molar refractivity (Wildman–Crippen MR) is 104 cm³/mol. The third-order valence-electron chi connectivity index (χ3n) is 4.32. The molecule has 0 bridgehead atoms. The average Bonchev–Trinajstić information content (AvgIpc) is 2.68. The van der Waals surface area contributed by atoms with Crippen LogP contribution in [-0.4, -0.2) is 16.7 Å². The lowest BCUT2D eigenvalue weighted by Gasteiger charge is -2.16. The maximum absolute atomic E-state index is 12.1. The summed E-state index contributed by atoms with van der Waals surface area (Å²) in [5, 5.41) is 3.31. The van der Waals surface area contributed by atoms with E-state index in [2.05, 4.69) is 29.4 Å². The quantitative estimate of drug-likeness (QED) is 0.709. The third kappa shape index (κ3) is 4.11. The topological polar surface area (TPSA) is 56.1 Å². The Bertz CT molecular complexity index is 920. The van der Waals surface area contributed by atoms with Crippen molar-refractivity contribution in [1.82, 2.24) is 9.55 Å². The highest BCUT2D eigenvalue weighted by Gasteiger charge is 2.10. The van der Waals surface area contributed by atoms with Crippen LogP contribution in [0.4, 0.5) is 5.95 Å². The molecule has 1 N–H and O–H groups in total. The molecule has 0 aliphatic rings. The van der Waals surface area contributed by atoms with Crippen molar-refractivity contribution in [3.63, 3.8) is 0 Å². The summed E-state index contributed by atoms with van der Waals surface area (Å²) in [4.78, 5) is 16.3. The maximum Gasteiger partial charge on any atom is 0.316 e. The van der Waals surface area contributed by atoms with Gasteiger partial charge in [-0.3, -0.25) is 4.79 Å². The van der Waals surface area contributed by atoms with Crippen LogP contribution < -0.4 is 15.6 Å². The molecule has 0 aliphatic carbocycles. The van der Waals surface area contributed by atoms with Crippen molar-refractivity contribution >= 4 is 5.95 Å². The van der Waals surface area contributed by atoms with Gasteiger partial charge in [-0.2, -0.15) is 4.98 Å². The Kier molecular flexibility index (Phi) is 5.69. The highest BCUT2D eigenvalue weighted by Crippen LogP contribution is 2.15. The molecule has 0 amide bonds. The van der Waals surface area contributed by atoms with E-state index in [1.807, 2.05) is 47.0 Å². The summed E-state index contributed by atoms with van der Waals surface area (Å²) in [5.74, 6) is 0.769. The van der Waals surface area contributed by atoms with E-state index in [1.165, 1.54) is 18.2 Å². The monoisotopic (exact) mass is 349 g/mol. The Labute approximate surface area is 153 Å². The van der Waals surface area contributed by atoms with Gasteiger partial charge in [0.15, 0.2) is 0 Å². The fraction of sp³-hybridized carbons (Fsp3) is 0.238. The fourth-order valence-corrected chi connectivity index (χ4v) is 2.90. The number of nitrogens with zero attached hydrogens (tertiary/aromatic N) is 2.